The topological polar surface area (TPSA) is 32.3 Å². The van der Waals surface area contributed by atoms with E-state index in [9.17, 15) is 0 Å². The standard InChI is InChI=1S/C56H40N4/c1-6-18-41(19-7-1)44-22-16-23-45(40-44)52-30-17-31-53-56(52)58-55(54(57-53)42-20-8-2-9-21-42)43-32-34-49(35-33-43)60(48-28-14-5-15-29-48)51-38-36-50(37-39-51)59(46-24-10-3-11-25-46)47-26-12-4-13-27-47/h1-40H. The smallest absolute Gasteiger partial charge is 0.0973 e. The molecule has 10 rings (SSSR count). The zero-order valence-electron chi connectivity index (χ0n) is 32.9. The van der Waals surface area contributed by atoms with Crippen LogP contribution in [0, 0.1) is 0 Å². The molecule has 4 nitrogen and oxygen atoms in total. The normalized spacial score (nSPS) is 11.0. The van der Waals surface area contributed by atoms with Gasteiger partial charge in [-0.3, -0.25) is 0 Å². The molecule has 0 radical (unpaired) electrons. The lowest BCUT2D eigenvalue weighted by atomic mass is 9.97. The number of anilines is 6. The Morgan fingerprint density at radius 1 is 0.250 bits per heavy atom. The van der Waals surface area contributed by atoms with Crippen LogP contribution in [-0.2, 0) is 0 Å². The molecule has 0 amide bonds. The highest BCUT2D eigenvalue weighted by Crippen LogP contribution is 2.41. The van der Waals surface area contributed by atoms with Crippen molar-refractivity contribution >= 4 is 45.2 Å². The van der Waals surface area contributed by atoms with Crippen LogP contribution in [0.4, 0.5) is 34.1 Å². The van der Waals surface area contributed by atoms with Crippen molar-refractivity contribution in [3.05, 3.63) is 243 Å². The van der Waals surface area contributed by atoms with E-state index in [2.05, 4.69) is 246 Å². The first-order valence-electron chi connectivity index (χ1n) is 20.2. The highest BCUT2D eigenvalue weighted by atomic mass is 15.2. The van der Waals surface area contributed by atoms with Crippen LogP contribution in [0.1, 0.15) is 0 Å². The predicted octanol–water partition coefficient (Wildman–Crippen LogP) is 15.2. The maximum Gasteiger partial charge on any atom is 0.0973 e. The quantitative estimate of drug-likeness (QED) is 0.139. The lowest BCUT2D eigenvalue weighted by molar-refractivity contribution is 1.25. The predicted molar refractivity (Wildman–Crippen MR) is 251 cm³/mol. The van der Waals surface area contributed by atoms with Crippen molar-refractivity contribution in [1.29, 1.82) is 0 Å². The van der Waals surface area contributed by atoms with E-state index in [1.54, 1.807) is 0 Å². The van der Waals surface area contributed by atoms with Crippen LogP contribution in [0.15, 0.2) is 243 Å². The summed E-state index contributed by atoms with van der Waals surface area (Å²) < 4.78 is 0. The molecule has 4 heteroatoms. The number of hydrogen-bond acceptors (Lipinski definition) is 4. The average Bonchev–Trinajstić information content (AvgIpc) is 3.33. The fraction of sp³-hybridized carbons (Fsp3) is 0. The van der Waals surface area contributed by atoms with Crippen molar-refractivity contribution in [3.63, 3.8) is 0 Å². The van der Waals surface area contributed by atoms with E-state index in [0.29, 0.717) is 0 Å². The maximum atomic E-state index is 5.49. The van der Waals surface area contributed by atoms with E-state index in [-0.39, 0.29) is 0 Å². The van der Waals surface area contributed by atoms with Gasteiger partial charge in [-0.05, 0) is 102 Å². The zero-order valence-corrected chi connectivity index (χ0v) is 32.9. The number of aromatic nitrogens is 2. The summed E-state index contributed by atoms with van der Waals surface area (Å²) >= 11 is 0. The molecule has 284 valence electrons. The molecule has 0 aliphatic rings. The molecule has 0 spiro atoms. The van der Waals surface area contributed by atoms with Gasteiger partial charge in [0.2, 0.25) is 0 Å². The largest absolute Gasteiger partial charge is 0.311 e. The lowest BCUT2D eigenvalue weighted by Crippen LogP contribution is -2.12. The van der Waals surface area contributed by atoms with Crippen LogP contribution in [-0.4, -0.2) is 9.97 Å². The molecule has 60 heavy (non-hydrogen) atoms. The van der Waals surface area contributed by atoms with Gasteiger partial charge in [-0.1, -0.05) is 158 Å². The number of fused-ring (bicyclic) bond motifs is 1. The Bertz CT molecular complexity index is 2950. The summed E-state index contributed by atoms with van der Waals surface area (Å²) in [5.41, 5.74) is 16.4. The van der Waals surface area contributed by atoms with E-state index >= 15 is 0 Å². The van der Waals surface area contributed by atoms with Gasteiger partial charge < -0.3 is 9.80 Å². The average molecular weight is 769 g/mol. The van der Waals surface area contributed by atoms with Crippen LogP contribution in [0.2, 0.25) is 0 Å². The molecule has 0 saturated heterocycles. The second-order valence-corrected chi connectivity index (χ2v) is 14.6. The SMILES string of the molecule is c1ccc(-c2cccc(-c3cccc4nc(-c5ccccc5)c(-c5ccc(N(c6ccccc6)c6ccc(N(c7ccccc7)c7ccccc7)cc6)cc5)nc34)c2)cc1. The fourth-order valence-electron chi connectivity index (χ4n) is 7.95. The Labute approximate surface area is 351 Å². The van der Waals surface area contributed by atoms with E-state index in [1.807, 2.05) is 6.07 Å². The molecule has 1 aromatic heterocycles. The summed E-state index contributed by atoms with van der Waals surface area (Å²) in [5, 5.41) is 0. The Morgan fingerprint density at radius 3 is 1.13 bits per heavy atom. The first-order chi connectivity index (χ1) is 29.8. The molecule has 0 unspecified atom stereocenters. The third-order valence-electron chi connectivity index (χ3n) is 10.8. The summed E-state index contributed by atoms with van der Waals surface area (Å²) in [5.74, 6) is 0. The molecule has 1 heterocycles. The molecule has 10 aromatic rings. The fourth-order valence-corrected chi connectivity index (χ4v) is 7.95. The molecule has 0 bridgehead atoms. The molecule has 0 N–H and O–H groups in total. The van der Waals surface area contributed by atoms with E-state index in [1.165, 1.54) is 5.56 Å². The van der Waals surface area contributed by atoms with Crippen LogP contribution < -0.4 is 9.80 Å². The second-order valence-electron chi connectivity index (χ2n) is 14.6. The molecule has 0 aliphatic carbocycles. The molecule has 0 fully saturated rings. The van der Waals surface area contributed by atoms with Crippen LogP contribution in [0.5, 0.6) is 0 Å². The molecular formula is C56H40N4. The number of para-hydroxylation sites is 4. The Balaban J connectivity index is 1.06. The van der Waals surface area contributed by atoms with Crippen molar-refractivity contribution in [2.24, 2.45) is 0 Å². The summed E-state index contributed by atoms with van der Waals surface area (Å²) in [6.45, 7) is 0. The van der Waals surface area contributed by atoms with Crippen LogP contribution >= 0.6 is 0 Å². The molecular weight excluding hydrogens is 729 g/mol. The first-order valence-corrected chi connectivity index (χ1v) is 20.2. The Morgan fingerprint density at radius 2 is 0.617 bits per heavy atom. The Hall–Kier alpha value is -8.08. The van der Waals surface area contributed by atoms with Crippen molar-refractivity contribution < 1.29 is 0 Å². The number of benzene rings is 9. The summed E-state index contributed by atoms with van der Waals surface area (Å²) in [6, 6.07) is 84.9. The minimum absolute atomic E-state index is 0.837. The van der Waals surface area contributed by atoms with E-state index in [0.717, 1.165) is 84.4 Å². The monoisotopic (exact) mass is 768 g/mol. The van der Waals surface area contributed by atoms with Crippen LogP contribution in [0.25, 0.3) is 55.8 Å². The van der Waals surface area contributed by atoms with Gasteiger partial charge in [0.05, 0.1) is 22.4 Å². The van der Waals surface area contributed by atoms with E-state index in [4.69, 9.17) is 9.97 Å². The van der Waals surface area contributed by atoms with Gasteiger partial charge in [0.15, 0.2) is 0 Å². The van der Waals surface area contributed by atoms with Gasteiger partial charge in [-0.15, -0.1) is 0 Å². The highest BCUT2D eigenvalue weighted by Gasteiger charge is 2.19. The van der Waals surface area contributed by atoms with Gasteiger partial charge in [0.25, 0.3) is 0 Å². The van der Waals surface area contributed by atoms with Crippen molar-refractivity contribution in [1.82, 2.24) is 9.97 Å². The van der Waals surface area contributed by atoms with Gasteiger partial charge in [0, 0.05) is 50.8 Å². The minimum Gasteiger partial charge on any atom is -0.311 e. The van der Waals surface area contributed by atoms with Gasteiger partial charge in [0.1, 0.15) is 0 Å². The first kappa shape index (κ1) is 36.3. The number of hydrogen-bond donors (Lipinski definition) is 0. The second kappa shape index (κ2) is 16.4. The molecule has 0 atom stereocenters. The Kier molecular flexibility index (Phi) is 9.92. The molecule has 0 aliphatic heterocycles. The number of rotatable bonds is 10. The van der Waals surface area contributed by atoms with Gasteiger partial charge >= 0.3 is 0 Å². The molecule has 9 aromatic carbocycles. The summed E-state index contributed by atoms with van der Waals surface area (Å²) in [7, 11) is 0. The molecule has 0 saturated carbocycles. The third kappa shape index (κ3) is 7.30. The third-order valence-corrected chi connectivity index (χ3v) is 10.8. The summed E-state index contributed by atoms with van der Waals surface area (Å²) in [6.07, 6.45) is 0. The minimum atomic E-state index is 0.837. The van der Waals surface area contributed by atoms with Gasteiger partial charge in [-0.25, -0.2) is 9.97 Å². The highest BCUT2D eigenvalue weighted by molar-refractivity contribution is 5.96. The maximum absolute atomic E-state index is 5.49. The van der Waals surface area contributed by atoms with Crippen molar-refractivity contribution in [2.45, 2.75) is 0 Å². The number of nitrogens with zero attached hydrogens (tertiary/aromatic N) is 4. The van der Waals surface area contributed by atoms with Crippen molar-refractivity contribution in [2.75, 3.05) is 9.80 Å². The van der Waals surface area contributed by atoms with Crippen molar-refractivity contribution in [3.8, 4) is 44.8 Å². The summed E-state index contributed by atoms with van der Waals surface area (Å²) in [4.78, 5) is 15.4. The zero-order chi connectivity index (χ0) is 40.1. The lowest BCUT2D eigenvalue weighted by Gasteiger charge is -2.28. The van der Waals surface area contributed by atoms with E-state index < -0.39 is 0 Å². The van der Waals surface area contributed by atoms with Crippen LogP contribution in [0.3, 0.4) is 0 Å². The van der Waals surface area contributed by atoms with Gasteiger partial charge in [-0.2, -0.15) is 0 Å².